The first-order chi connectivity index (χ1) is 8.11. The Morgan fingerprint density at radius 1 is 1.53 bits per heavy atom. The molecule has 2 N–H and O–H groups in total. The number of hydrogen-bond acceptors (Lipinski definition) is 4. The number of nitrogens with one attached hydrogen (secondary N) is 1. The SMILES string of the molecule is CC1(NC(=O)c2ccncc2O)CCOCC1. The smallest absolute Gasteiger partial charge is 0.255 e. The predicted octanol–water partition coefficient (Wildman–Crippen LogP) is 1.09. The second-order valence-electron chi connectivity index (χ2n) is 4.52. The summed E-state index contributed by atoms with van der Waals surface area (Å²) >= 11 is 0. The Balaban J connectivity index is 2.09. The molecule has 5 nitrogen and oxygen atoms in total. The molecule has 1 aliphatic heterocycles. The van der Waals surface area contributed by atoms with Crippen LogP contribution in [0, 0.1) is 0 Å². The van der Waals surface area contributed by atoms with Crippen LogP contribution in [-0.4, -0.2) is 34.8 Å². The van der Waals surface area contributed by atoms with Gasteiger partial charge in [0.25, 0.3) is 5.91 Å². The molecule has 1 aliphatic rings. The largest absolute Gasteiger partial charge is 0.505 e. The van der Waals surface area contributed by atoms with Gasteiger partial charge in [0.1, 0.15) is 5.75 Å². The molecule has 1 amide bonds. The van der Waals surface area contributed by atoms with Crippen molar-refractivity contribution in [2.75, 3.05) is 13.2 Å². The highest BCUT2D eigenvalue weighted by Gasteiger charge is 2.29. The second-order valence-corrected chi connectivity index (χ2v) is 4.52. The summed E-state index contributed by atoms with van der Waals surface area (Å²) in [5.41, 5.74) is -0.00174. The summed E-state index contributed by atoms with van der Waals surface area (Å²) in [6.07, 6.45) is 4.32. The van der Waals surface area contributed by atoms with E-state index in [0.29, 0.717) is 13.2 Å². The molecule has 1 aromatic heterocycles. The van der Waals surface area contributed by atoms with Crippen molar-refractivity contribution in [2.24, 2.45) is 0 Å². The minimum absolute atomic E-state index is 0.0966. The summed E-state index contributed by atoms with van der Waals surface area (Å²) in [6, 6.07) is 1.51. The molecule has 2 rings (SSSR count). The van der Waals surface area contributed by atoms with Crippen LogP contribution >= 0.6 is 0 Å². The molecule has 0 aromatic carbocycles. The zero-order valence-corrected chi connectivity index (χ0v) is 9.77. The average molecular weight is 236 g/mol. The van der Waals surface area contributed by atoms with Crippen LogP contribution in [0.15, 0.2) is 18.5 Å². The number of rotatable bonds is 2. The molecule has 92 valence electrons. The molecule has 0 saturated carbocycles. The molecule has 17 heavy (non-hydrogen) atoms. The fraction of sp³-hybridized carbons (Fsp3) is 0.500. The first-order valence-electron chi connectivity index (χ1n) is 5.64. The third-order valence-electron chi connectivity index (χ3n) is 3.06. The van der Waals surface area contributed by atoms with Crippen molar-refractivity contribution in [3.8, 4) is 5.75 Å². The molecule has 1 fully saturated rings. The van der Waals surface area contributed by atoms with Crippen molar-refractivity contribution >= 4 is 5.91 Å². The maximum absolute atomic E-state index is 12.0. The molecule has 0 unspecified atom stereocenters. The van der Waals surface area contributed by atoms with E-state index in [2.05, 4.69) is 10.3 Å². The standard InChI is InChI=1S/C12H16N2O3/c1-12(3-6-17-7-4-12)14-11(16)9-2-5-13-8-10(9)15/h2,5,8,15H,3-4,6-7H2,1H3,(H,14,16). The summed E-state index contributed by atoms with van der Waals surface area (Å²) in [5, 5.41) is 12.5. The van der Waals surface area contributed by atoms with E-state index in [0.717, 1.165) is 12.8 Å². The number of carbonyl (C=O) groups is 1. The quantitative estimate of drug-likeness (QED) is 0.806. The molecule has 5 heteroatoms. The Morgan fingerprint density at radius 2 is 2.24 bits per heavy atom. The molecule has 0 spiro atoms. The third-order valence-corrected chi connectivity index (χ3v) is 3.06. The van der Waals surface area contributed by atoms with Crippen LogP contribution in [0.25, 0.3) is 0 Å². The van der Waals surface area contributed by atoms with Crippen molar-refractivity contribution in [3.05, 3.63) is 24.0 Å². The molecule has 0 radical (unpaired) electrons. The predicted molar refractivity (Wildman–Crippen MR) is 61.8 cm³/mol. The summed E-state index contributed by atoms with van der Waals surface area (Å²) in [4.78, 5) is 15.7. The highest BCUT2D eigenvalue weighted by Crippen LogP contribution is 2.22. The molecule has 0 aliphatic carbocycles. The van der Waals surface area contributed by atoms with E-state index < -0.39 is 0 Å². The van der Waals surface area contributed by atoms with E-state index in [1.165, 1.54) is 18.5 Å². The number of carbonyl (C=O) groups excluding carboxylic acids is 1. The van der Waals surface area contributed by atoms with Gasteiger partial charge in [0.05, 0.1) is 11.8 Å². The molecule has 1 saturated heterocycles. The van der Waals surface area contributed by atoms with E-state index in [1.807, 2.05) is 6.92 Å². The number of pyridine rings is 1. The fourth-order valence-corrected chi connectivity index (χ4v) is 1.87. The van der Waals surface area contributed by atoms with Crippen molar-refractivity contribution in [1.82, 2.24) is 10.3 Å². The van der Waals surface area contributed by atoms with Crippen LogP contribution in [-0.2, 0) is 4.74 Å². The van der Waals surface area contributed by atoms with Crippen LogP contribution in [0.2, 0.25) is 0 Å². The first kappa shape index (κ1) is 11.9. The van der Waals surface area contributed by atoms with Crippen molar-refractivity contribution in [1.29, 1.82) is 0 Å². The van der Waals surface area contributed by atoms with Gasteiger partial charge >= 0.3 is 0 Å². The van der Waals surface area contributed by atoms with Crippen LogP contribution < -0.4 is 5.32 Å². The number of aromatic nitrogens is 1. The van der Waals surface area contributed by atoms with Crippen LogP contribution in [0.4, 0.5) is 0 Å². The maximum atomic E-state index is 12.0. The Morgan fingerprint density at radius 3 is 2.88 bits per heavy atom. The zero-order chi connectivity index (χ0) is 12.3. The fourth-order valence-electron chi connectivity index (χ4n) is 1.87. The highest BCUT2D eigenvalue weighted by molar-refractivity contribution is 5.97. The van der Waals surface area contributed by atoms with Gasteiger partial charge in [-0.05, 0) is 25.8 Å². The van der Waals surface area contributed by atoms with Gasteiger partial charge in [-0.3, -0.25) is 9.78 Å². The molecule has 0 bridgehead atoms. The lowest BCUT2D eigenvalue weighted by molar-refractivity contribution is 0.0422. The maximum Gasteiger partial charge on any atom is 0.255 e. The Labute approximate surface area is 99.8 Å². The van der Waals surface area contributed by atoms with Gasteiger partial charge in [0, 0.05) is 24.9 Å². The molecule has 1 aromatic rings. The number of amides is 1. The van der Waals surface area contributed by atoms with Crippen LogP contribution in [0.1, 0.15) is 30.1 Å². The van der Waals surface area contributed by atoms with E-state index in [4.69, 9.17) is 4.74 Å². The van der Waals surface area contributed by atoms with Gasteiger partial charge in [-0.25, -0.2) is 0 Å². The Bertz CT molecular complexity index is 414. The number of nitrogens with zero attached hydrogens (tertiary/aromatic N) is 1. The molecule has 0 atom stereocenters. The Kier molecular flexibility index (Phi) is 3.28. The molecular formula is C12H16N2O3. The lowest BCUT2D eigenvalue weighted by Crippen LogP contribution is -2.49. The summed E-state index contributed by atoms with van der Waals surface area (Å²) in [6.45, 7) is 3.30. The van der Waals surface area contributed by atoms with Crippen molar-refractivity contribution in [2.45, 2.75) is 25.3 Å². The van der Waals surface area contributed by atoms with Crippen molar-refractivity contribution in [3.63, 3.8) is 0 Å². The lowest BCUT2D eigenvalue weighted by atomic mass is 9.92. The second kappa shape index (κ2) is 4.71. The zero-order valence-electron chi connectivity index (χ0n) is 9.77. The van der Waals surface area contributed by atoms with E-state index >= 15 is 0 Å². The van der Waals surface area contributed by atoms with Gasteiger partial charge in [0.2, 0.25) is 0 Å². The molecular weight excluding hydrogens is 220 g/mol. The van der Waals surface area contributed by atoms with Gasteiger partial charge in [-0.1, -0.05) is 0 Å². The number of aromatic hydroxyl groups is 1. The van der Waals surface area contributed by atoms with Crippen LogP contribution in [0.3, 0.4) is 0 Å². The van der Waals surface area contributed by atoms with Crippen molar-refractivity contribution < 1.29 is 14.6 Å². The van der Waals surface area contributed by atoms with Gasteiger partial charge < -0.3 is 15.2 Å². The third kappa shape index (κ3) is 2.74. The number of ether oxygens (including phenoxy) is 1. The normalized spacial score (nSPS) is 18.6. The summed E-state index contributed by atoms with van der Waals surface area (Å²) < 4.78 is 5.27. The average Bonchev–Trinajstić information content (AvgIpc) is 2.29. The van der Waals surface area contributed by atoms with E-state index in [-0.39, 0.29) is 22.8 Å². The van der Waals surface area contributed by atoms with Gasteiger partial charge in [-0.15, -0.1) is 0 Å². The monoisotopic (exact) mass is 236 g/mol. The lowest BCUT2D eigenvalue weighted by Gasteiger charge is -2.34. The number of hydrogen-bond donors (Lipinski definition) is 2. The van der Waals surface area contributed by atoms with E-state index in [1.54, 1.807) is 0 Å². The van der Waals surface area contributed by atoms with Crippen LogP contribution in [0.5, 0.6) is 5.75 Å². The minimum atomic E-state index is -0.269. The first-order valence-corrected chi connectivity index (χ1v) is 5.64. The highest BCUT2D eigenvalue weighted by atomic mass is 16.5. The topological polar surface area (TPSA) is 71.5 Å². The minimum Gasteiger partial charge on any atom is -0.505 e. The van der Waals surface area contributed by atoms with E-state index in [9.17, 15) is 9.90 Å². The Hall–Kier alpha value is -1.62. The van der Waals surface area contributed by atoms with Gasteiger partial charge in [-0.2, -0.15) is 0 Å². The molecule has 2 heterocycles. The van der Waals surface area contributed by atoms with Gasteiger partial charge in [0.15, 0.2) is 0 Å². The summed E-state index contributed by atoms with van der Waals surface area (Å²) in [7, 11) is 0. The summed E-state index contributed by atoms with van der Waals surface area (Å²) in [5.74, 6) is -0.366.